The topological polar surface area (TPSA) is 92.5 Å². The number of aromatic hydroxyl groups is 1. The molecule has 2 aromatic rings. The van der Waals surface area contributed by atoms with Crippen molar-refractivity contribution in [3.8, 4) is 5.75 Å². The molecule has 0 atom stereocenters. The van der Waals surface area contributed by atoms with Crippen LogP contribution in [0.1, 0.15) is 10.4 Å². The smallest absolute Gasteiger partial charge is 0.294 e. The Labute approximate surface area is 139 Å². The molecule has 0 spiro atoms. The number of carbonyl (C=O) groups is 1. The SMILES string of the molecule is O=C(Nc1ccc(Cl)cc1[N+](=O)[O-])c1cc(Cl)cc(Cl)c1O. The lowest BCUT2D eigenvalue weighted by Crippen LogP contribution is -2.13. The molecule has 2 N–H and O–H groups in total. The zero-order valence-corrected chi connectivity index (χ0v) is 12.9. The van der Waals surface area contributed by atoms with Crippen molar-refractivity contribution in [2.24, 2.45) is 0 Å². The number of halogens is 3. The van der Waals surface area contributed by atoms with Crippen LogP contribution in [0.4, 0.5) is 11.4 Å². The summed E-state index contributed by atoms with van der Waals surface area (Å²) in [5.41, 5.74) is -0.662. The minimum Gasteiger partial charge on any atom is -0.506 e. The highest BCUT2D eigenvalue weighted by Gasteiger charge is 2.20. The van der Waals surface area contributed by atoms with Crippen LogP contribution in [0.3, 0.4) is 0 Å². The fraction of sp³-hybridized carbons (Fsp3) is 0. The second-order valence-electron chi connectivity index (χ2n) is 4.16. The van der Waals surface area contributed by atoms with Crippen LogP contribution in [0.5, 0.6) is 5.75 Å². The summed E-state index contributed by atoms with van der Waals surface area (Å²) < 4.78 is 0. The fourth-order valence-electron chi connectivity index (χ4n) is 1.69. The number of benzene rings is 2. The van der Waals surface area contributed by atoms with Crippen molar-refractivity contribution >= 4 is 52.1 Å². The van der Waals surface area contributed by atoms with Gasteiger partial charge < -0.3 is 10.4 Å². The highest BCUT2D eigenvalue weighted by atomic mass is 35.5. The Kier molecular flexibility index (Phi) is 4.75. The van der Waals surface area contributed by atoms with Crippen LogP contribution in [0.2, 0.25) is 15.1 Å². The number of nitrogens with zero attached hydrogens (tertiary/aromatic N) is 1. The molecule has 114 valence electrons. The van der Waals surface area contributed by atoms with Crippen molar-refractivity contribution in [3.05, 3.63) is 61.1 Å². The first-order chi connectivity index (χ1) is 10.3. The lowest BCUT2D eigenvalue weighted by molar-refractivity contribution is -0.383. The molecule has 0 radical (unpaired) electrons. The van der Waals surface area contributed by atoms with E-state index in [4.69, 9.17) is 34.8 Å². The van der Waals surface area contributed by atoms with Gasteiger partial charge in [-0.1, -0.05) is 34.8 Å². The summed E-state index contributed by atoms with van der Waals surface area (Å²) in [7, 11) is 0. The van der Waals surface area contributed by atoms with Gasteiger partial charge in [0.05, 0.1) is 15.5 Å². The van der Waals surface area contributed by atoms with Crippen LogP contribution < -0.4 is 5.32 Å². The van der Waals surface area contributed by atoms with E-state index >= 15 is 0 Å². The maximum atomic E-state index is 12.2. The summed E-state index contributed by atoms with van der Waals surface area (Å²) in [6.07, 6.45) is 0. The maximum Gasteiger partial charge on any atom is 0.294 e. The number of nitrogens with one attached hydrogen (secondary N) is 1. The average Bonchev–Trinajstić information content (AvgIpc) is 2.44. The van der Waals surface area contributed by atoms with Gasteiger partial charge in [-0.05, 0) is 24.3 Å². The van der Waals surface area contributed by atoms with E-state index in [-0.39, 0.29) is 32.0 Å². The number of phenols is 1. The van der Waals surface area contributed by atoms with Crippen molar-refractivity contribution in [2.75, 3.05) is 5.32 Å². The number of rotatable bonds is 3. The van der Waals surface area contributed by atoms with Gasteiger partial charge in [0.1, 0.15) is 11.4 Å². The van der Waals surface area contributed by atoms with E-state index in [1.54, 1.807) is 0 Å². The van der Waals surface area contributed by atoms with Crippen LogP contribution in [-0.4, -0.2) is 15.9 Å². The van der Waals surface area contributed by atoms with Crippen LogP contribution in [0, 0.1) is 10.1 Å². The highest BCUT2D eigenvalue weighted by Crippen LogP contribution is 2.33. The van der Waals surface area contributed by atoms with Gasteiger partial charge in [0.25, 0.3) is 11.6 Å². The van der Waals surface area contributed by atoms with Crippen LogP contribution in [-0.2, 0) is 0 Å². The molecule has 0 aromatic heterocycles. The first-order valence-electron chi connectivity index (χ1n) is 5.73. The quantitative estimate of drug-likeness (QED) is 0.621. The Bertz CT molecular complexity index is 780. The van der Waals surface area contributed by atoms with Gasteiger partial charge in [-0.25, -0.2) is 0 Å². The summed E-state index contributed by atoms with van der Waals surface area (Å²) in [6.45, 7) is 0. The van der Waals surface area contributed by atoms with Crippen LogP contribution in [0.25, 0.3) is 0 Å². The predicted molar refractivity (Wildman–Crippen MR) is 84.2 cm³/mol. The van der Waals surface area contributed by atoms with Crippen molar-refractivity contribution in [1.29, 1.82) is 0 Å². The third-order valence-electron chi connectivity index (χ3n) is 2.68. The van der Waals surface area contributed by atoms with Gasteiger partial charge in [-0.3, -0.25) is 14.9 Å². The summed E-state index contributed by atoms with van der Waals surface area (Å²) in [5.74, 6) is -1.27. The Morgan fingerprint density at radius 3 is 2.45 bits per heavy atom. The molecule has 2 rings (SSSR count). The molecule has 0 saturated carbocycles. The molecule has 0 aliphatic rings. The molecular weight excluding hydrogens is 355 g/mol. The Morgan fingerprint density at radius 1 is 1.14 bits per heavy atom. The first kappa shape index (κ1) is 16.4. The second-order valence-corrected chi connectivity index (χ2v) is 5.44. The van der Waals surface area contributed by atoms with Gasteiger partial charge in [0, 0.05) is 16.1 Å². The van der Waals surface area contributed by atoms with E-state index in [9.17, 15) is 20.0 Å². The Balaban J connectivity index is 2.40. The van der Waals surface area contributed by atoms with Gasteiger partial charge in [0.2, 0.25) is 0 Å². The van der Waals surface area contributed by atoms with Gasteiger partial charge in [0.15, 0.2) is 0 Å². The summed E-state index contributed by atoms with van der Waals surface area (Å²) >= 11 is 17.2. The number of hydrogen-bond donors (Lipinski definition) is 2. The lowest BCUT2D eigenvalue weighted by Gasteiger charge is -2.09. The normalized spacial score (nSPS) is 10.3. The Morgan fingerprint density at radius 2 is 1.82 bits per heavy atom. The van der Waals surface area contributed by atoms with E-state index in [0.29, 0.717) is 0 Å². The average molecular weight is 362 g/mol. The third-order valence-corrected chi connectivity index (χ3v) is 3.42. The number of anilines is 1. The highest BCUT2D eigenvalue weighted by molar-refractivity contribution is 6.36. The molecule has 0 bridgehead atoms. The molecule has 2 aromatic carbocycles. The largest absolute Gasteiger partial charge is 0.506 e. The van der Waals surface area contributed by atoms with Crippen molar-refractivity contribution in [1.82, 2.24) is 0 Å². The van der Waals surface area contributed by atoms with Gasteiger partial charge in [-0.15, -0.1) is 0 Å². The van der Waals surface area contributed by atoms with Crippen LogP contribution in [0.15, 0.2) is 30.3 Å². The molecule has 0 heterocycles. The second kappa shape index (κ2) is 6.39. The molecule has 0 saturated heterocycles. The number of phenolic OH excluding ortho intramolecular Hbond substituents is 1. The lowest BCUT2D eigenvalue weighted by atomic mass is 10.1. The minimum absolute atomic E-state index is 0.0742. The predicted octanol–water partition coefficient (Wildman–Crippen LogP) is 4.51. The van der Waals surface area contributed by atoms with E-state index < -0.39 is 16.6 Å². The molecule has 9 heteroatoms. The van der Waals surface area contributed by atoms with Gasteiger partial charge in [-0.2, -0.15) is 0 Å². The van der Waals surface area contributed by atoms with E-state index in [1.807, 2.05) is 0 Å². The van der Waals surface area contributed by atoms with Crippen molar-refractivity contribution < 1.29 is 14.8 Å². The van der Waals surface area contributed by atoms with Crippen LogP contribution >= 0.6 is 34.8 Å². The first-order valence-corrected chi connectivity index (χ1v) is 6.86. The van der Waals surface area contributed by atoms with Gasteiger partial charge >= 0.3 is 0 Å². The maximum absolute atomic E-state index is 12.2. The zero-order chi connectivity index (χ0) is 16.4. The molecule has 0 unspecified atom stereocenters. The van der Waals surface area contributed by atoms with Crippen molar-refractivity contribution in [2.45, 2.75) is 0 Å². The molecule has 1 amide bonds. The summed E-state index contributed by atoms with van der Waals surface area (Å²) in [4.78, 5) is 22.4. The number of carbonyl (C=O) groups excluding carboxylic acids is 1. The number of hydrogen-bond acceptors (Lipinski definition) is 4. The number of nitro groups is 1. The molecule has 0 aliphatic carbocycles. The van der Waals surface area contributed by atoms with E-state index in [0.717, 1.165) is 6.07 Å². The van der Waals surface area contributed by atoms with E-state index in [2.05, 4.69) is 5.32 Å². The molecular formula is C13H7Cl3N2O4. The molecule has 0 aliphatic heterocycles. The number of nitro benzene ring substituents is 1. The van der Waals surface area contributed by atoms with E-state index in [1.165, 1.54) is 24.3 Å². The fourth-order valence-corrected chi connectivity index (χ4v) is 2.35. The third kappa shape index (κ3) is 3.41. The molecule has 6 nitrogen and oxygen atoms in total. The molecule has 22 heavy (non-hydrogen) atoms. The summed E-state index contributed by atoms with van der Waals surface area (Å²) in [5, 5.41) is 23.3. The monoisotopic (exact) mass is 360 g/mol. The number of amides is 1. The standard InChI is InChI=1S/C13H7Cl3N2O4/c14-6-1-2-10(11(5-6)18(21)22)17-13(20)8-3-7(15)4-9(16)12(8)19/h1-5,19H,(H,17,20). The summed E-state index contributed by atoms with van der Waals surface area (Å²) in [6, 6.07) is 6.22. The Hall–Kier alpha value is -2.02. The zero-order valence-electron chi connectivity index (χ0n) is 10.6. The van der Waals surface area contributed by atoms with Crippen molar-refractivity contribution in [3.63, 3.8) is 0 Å². The molecule has 0 fully saturated rings. The minimum atomic E-state index is -0.799.